The molecule has 6 nitrogen and oxygen atoms in total. The minimum atomic E-state index is -0.738. The van der Waals surface area contributed by atoms with Gasteiger partial charge in [0, 0.05) is 7.05 Å². The van der Waals surface area contributed by atoms with Crippen LogP contribution in [-0.2, 0) is 11.8 Å². The van der Waals surface area contributed by atoms with Crippen LogP contribution in [0.2, 0.25) is 0 Å². The maximum absolute atomic E-state index is 13.3. The maximum atomic E-state index is 13.3. The number of carbonyl (C=O) groups is 1. The molecule has 0 aliphatic rings. The summed E-state index contributed by atoms with van der Waals surface area (Å²) < 4.78 is 16.4. The van der Waals surface area contributed by atoms with Crippen LogP contribution in [-0.4, -0.2) is 15.3 Å². The topological polar surface area (TPSA) is 79.8 Å². The summed E-state index contributed by atoms with van der Waals surface area (Å²) in [5.74, 6) is -1.21. The largest absolute Gasteiger partial charge is 0.315 e. The molecule has 0 bridgehead atoms. The zero-order valence-electron chi connectivity index (χ0n) is 15.3. The lowest BCUT2D eigenvalue weighted by atomic mass is 10.1. The van der Waals surface area contributed by atoms with E-state index in [9.17, 15) is 19.2 Å². The van der Waals surface area contributed by atoms with Gasteiger partial charge in [0.1, 0.15) is 23.1 Å². The highest BCUT2D eigenvalue weighted by Crippen LogP contribution is 2.16. The fourth-order valence-electron chi connectivity index (χ4n) is 2.80. The summed E-state index contributed by atoms with van der Waals surface area (Å²) in [6.07, 6.45) is 1.27. The molecule has 0 fully saturated rings. The Morgan fingerprint density at radius 3 is 2.54 bits per heavy atom. The lowest BCUT2D eigenvalue weighted by Crippen LogP contribution is -2.23. The number of para-hydroxylation sites is 1. The van der Waals surface area contributed by atoms with Crippen molar-refractivity contribution in [1.29, 1.82) is 5.26 Å². The van der Waals surface area contributed by atoms with E-state index in [4.69, 9.17) is 0 Å². The van der Waals surface area contributed by atoms with Crippen molar-refractivity contribution in [2.75, 3.05) is 5.32 Å². The van der Waals surface area contributed by atoms with Crippen molar-refractivity contribution in [3.8, 4) is 11.8 Å². The number of halogens is 1. The molecule has 140 valence electrons. The molecular weight excluding hydrogens is 359 g/mol. The van der Waals surface area contributed by atoms with Crippen LogP contribution in [0.4, 0.5) is 10.1 Å². The number of rotatable bonds is 4. The molecule has 0 atom stereocenters. The summed E-state index contributed by atoms with van der Waals surface area (Å²) in [6, 6.07) is 16.3. The first-order chi connectivity index (χ1) is 13.4. The van der Waals surface area contributed by atoms with Gasteiger partial charge in [-0.1, -0.05) is 30.3 Å². The van der Waals surface area contributed by atoms with Gasteiger partial charge in [-0.15, -0.1) is 0 Å². The molecule has 0 saturated heterocycles. The fourth-order valence-corrected chi connectivity index (χ4v) is 2.80. The van der Waals surface area contributed by atoms with Crippen molar-refractivity contribution in [2.45, 2.75) is 6.92 Å². The van der Waals surface area contributed by atoms with Gasteiger partial charge in [-0.05, 0) is 42.8 Å². The molecular formula is C21H17FN4O2. The van der Waals surface area contributed by atoms with Crippen LogP contribution in [0.25, 0.3) is 11.8 Å². The minimum Gasteiger partial charge on any atom is -0.315 e. The highest BCUT2D eigenvalue weighted by atomic mass is 19.1. The second kappa shape index (κ2) is 7.76. The van der Waals surface area contributed by atoms with E-state index in [2.05, 4.69) is 5.32 Å². The van der Waals surface area contributed by atoms with Crippen LogP contribution >= 0.6 is 0 Å². The first kappa shape index (κ1) is 18.9. The third-order valence-electron chi connectivity index (χ3n) is 4.32. The summed E-state index contributed by atoms with van der Waals surface area (Å²) in [5.41, 5.74) is 0.983. The molecule has 0 saturated carbocycles. The number of anilines is 1. The van der Waals surface area contributed by atoms with Gasteiger partial charge in [0.15, 0.2) is 0 Å². The van der Waals surface area contributed by atoms with Crippen LogP contribution in [0, 0.1) is 24.1 Å². The van der Waals surface area contributed by atoms with Crippen molar-refractivity contribution >= 4 is 17.7 Å². The zero-order valence-corrected chi connectivity index (χ0v) is 15.3. The molecule has 2 aromatic carbocycles. The predicted octanol–water partition coefficient (Wildman–Crippen LogP) is 3.17. The normalized spacial score (nSPS) is 11.1. The lowest BCUT2D eigenvalue weighted by molar-refractivity contribution is -0.112. The molecule has 3 rings (SSSR count). The highest BCUT2D eigenvalue weighted by Gasteiger charge is 2.19. The molecule has 0 radical (unpaired) electrons. The van der Waals surface area contributed by atoms with E-state index in [-0.39, 0.29) is 11.3 Å². The van der Waals surface area contributed by atoms with Crippen LogP contribution in [0.5, 0.6) is 0 Å². The first-order valence-electron chi connectivity index (χ1n) is 8.45. The van der Waals surface area contributed by atoms with Gasteiger partial charge >= 0.3 is 0 Å². The standard InChI is InChI=1S/C21H17FN4O2/c1-14-19(21(28)26(25(14)2)18-9-4-3-5-10-18)24-20(27)16(13-23)11-15-7-6-8-17(22)12-15/h3-12H,1-2H3,(H,24,27)/b16-11+. The molecule has 7 heteroatoms. The number of nitrogens with zero attached hydrogens (tertiary/aromatic N) is 3. The van der Waals surface area contributed by atoms with E-state index in [0.717, 1.165) is 0 Å². The summed E-state index contributed by atoms with van der Waals surface area (Å²) in [4.78, 5) is 25.4. The third-order valence-corrected chi connectivity index (χ3v) is 4.32. The van der Waals surface area contributed by atoms with Crippen LogP contribution < -0.4 is 10.9 Å². The van der Waals surface area contributed by atoms with E-state index in [1.54, 1.807) is 55.1 Å². The van der Waals surface area contributed by atoms with Gasteiger partial charge in [0.25, 0.3) is 11.5 Å². The Bertz CT molecular complexity index is 1170. The molecule has 0 aliphatic heterocycles. The average molecular weight is 376 g/mol. The van der Waals surface area contributed by atoms with Gasteiger partial charge < -0.3 is 5.32 Å². The van der Waals surface area contributed by atoms with Crippen molar-refractivity contribution in [3.63, 3.8) is 0 Å². The Labute approximate surface area is 160 Å². The molecule has 1 N–H and O–H groups in total. The second-order valence-corrected chi connectivity index (χ2v) is 6.12. The Morgan fingerprint density at radius 2 is 1.89 bits per heavy atom. The molecule has 3 aromatic rings. The number of hydrogen-bond acceptors (Lipinski definition) is 3. The van der Waals surface area contributed by atoms with Crippen LogP contribution in [0.15, 0.2) is 65.0 Å². The Hall–Kier alpha value is -3.92. The number of carbonyl (C=O) groups excluding carboxylic acids is 1. The number of hydrogen-bond donors (Lipinski definition) is 1. The van der Waals surface area contributed by atoms with E-state index in [0.29, 0.717) is 16.9 Å². The molecule has 1 aromatic heterocycles. The molecule has 1 amide bonds. The van der Waals surface area contributed by atoms with Crippen LogP contribution in [0.1, 0.15) is 11.3 Å². The van der Waals surface area contributed by atoms with Gasteiger partial charge in [0.2, 0.25) is 0 Å². The number of nitriles is 1. The fraction of sp³-hybridized carbons (Fsp3) is 0.0952. The molecule has 0 spiro atoms. The summed E-state index contributed by atoms with van der Waals surface area (Å²) >= 11 is 0. The van der Waals surface area contributed by atoms with E-state index >= 15 is 0 Å². The van der Waals surface area contributed by atoms with E-state index < -0.39 is 17.3 Å². The highest BCUT2D eigenvalue weighted by molar-refractivity contribution is 6.09. The number of aromatic nitrogens is 2. The molecule has 1 heterocycles. The second-order valence-electron chi connectivity index (χ2n) is 6.12. The SMILES string of the molecule is Cc1c(NC(=O)/C(C#N)=C/c2cccc(F)c2)c(=O)n(-c2ccccc2)n1C. The van der Waals surface area contributed by atoms with Gasteiger partial charge in [-0.2, -0.15) is 5.26 Å². The monoisotopic (exact) mass is 376 g/mol. The Balaban J connectivity index is 1.96. The van der Waals surface area contributed by atoms with Crippen molar-refractivity contribution in [3.05, 3.63) is 87.6 Å². The smallest absolute Gasteiger partial charge is 0.295 e. The number of nitrogens with one attached hydrogen (secondary N) is 1. The maximum Gasteiger partial charge on any atom is 0.295 e. The van der Waals surface area contributed by atoms with E-state index in [1.807, 2.05) is 6.07 Å². The summed E-state index contributed by atoms with van der Waals surface area (Å²) in [7, 11) is 1.70. The number of amides is 1. The average Bonchev–Trinajstić information content (AvgIpc) is 2.90. The summed E-state index contributed by atoms with van der Waals surface area (Å²) in [6.45, 7) is 1.69. The molecule has 28 heavy (non-hydrogen) atoms. The van der Waals surface area contributed by atoms with Gasteiger partial charge in [-0.25, -0.2) is 9.07 Å². The Kier molecular flexibility index (Phi) is 5.23. The Morgan fingerprint density at radius 1 is 1.18 bits per heavy atom. The quantitative estimate of drug-likeness (QED) is 0.561. The first-order valence-corrected chi connectivity index (χ1v) is 8.45. The third kappa shape index (κ3) is 3.62. The zero-order chi connectivity index (χ0) is 20.3. The molecule has 0 aliphatic carbocycles. The number of benzene rings is 2. The van der Waals surface area contributed by atoms with Gasteiger partial charge in [-0.3, -0.25) is 14.3 Å². The van der Waals surface area contributed by atoms with Gasteiger partial charge in [0.05, 0.1) is 11.4 Å². The predicted molar refractivity (Wildman–Crippen MR) is 104 cm³/mol. The van der Waals surface area contributed by atoms with E-state index in [1.165, 1.54) is 29.0 Å². The van der Waals surface area contributed by atoms with Crippen molar-refractivity contribution in [2.24, 2.45) is 7.05 Å². The van der Waals surface area contributed by atoms with Crippen LogP contribution in [0.3, 0.4) is 0 Å². The minimum absolute atomic E-state index is 0.0803. The lowest BCUT2D eigenvalue weighted by Gasteiger charge is -2.07. The van der Waals surface area contributed by atoms with Crippen molar-refractivity contribution < 1.29 is 9.18 Å². The molecule has 0 unspecified atom stereocenters. The summed E-state index contributed by atoms with van der Waals surface area (Å²) in [5, 5.41) is 11.8. The van der Waals surface area contributed by atoms with Crippen molar-refractivity contribution in [1.82, 2.24) is 9.36 Å².